The van der Waals surface area contributed by atoms with E-state index in [1.54, 1.807) is 0 Å². The molecule has 0 aliphatic carbocycles. The molecule has 0 aliphatic rings. The number of nitrogen functional groups attached to an aromatic ring is 1. The van der Waals surface area contributed by atoms with E-state index >= 15 is 0 Å². The van der Waals surface area contributed by atoms with E-state index in [9.17, 15) is 0 Å². The first-order valence-corrected chi connectivity index (χ1v) is 6.40. The number of nitrogens with zero attached hydrogens (tertiary/aromatic N) is 2. The average molecular weight is 243 g/mol. The van der Waals surface area contributed by atoms with Gasteiger partial charge >= 0.3 is 0 Å². The molecule has 3 nitrogen and oxygen atoms in total. The number of aryl methyl sites for hydroxylation is 2. The lowest BCUT2D eigenvalue weighted by atomic mass is 10.1. The third kappa shape index (κ3) is 2.40. The summed E-state index contributed by atoms with van der Waals surface area (Å²) in [7, 11) is 0. The Morgan fingerprint density at radius 3 is 2.39 bits per heavy atom. The summed E-state index contributed by atoms with van der Waals surface area (Å²) in [5, 5.41) is 4.63. The average Bonchev–Trinajstić information content (AvgIpc) is 2.58. The first-order valence-electron chi connectivity index (χ1n) is 6.40. The van der Waals surface area contributed by atoms with Crippen molar-refractivity contribution in [2.75, 3.05) is 5.73 Å². The summed E-state index contributed by atoms with van der Waals surface area (Å²) in [6.45, 7) is 8.56. The van der Waals surface area contributed by atoms with Crippen LogP contribution < -0.4 is 5.73 Å². The first kappa shape index (κ1) is 12.7. The van der Waals surface area contributed by atoms with Crippen LogP contribution in [-0.4, -0.2) is 9.78 Å². The van der Waals surface area contributed by atoms with E-state index in [-0.39, 0.29) is 0 Å². The molecule has 2 rings (SSSR count). The Kier molecular flexibility index (Phi) is 3.41. The number of rotatable bonds is 3. The van der Waals surface area contributed by atoms with Crippen molar-refractivity contribution >= 4 is 5.82 Å². The fourth-order valence-corrected chi connectivity index (χ4v) is 2.28. The van der Waals surface area contributed by atoms with Crippen LogP contribution in [0.25, 0.3) is 5.69 Å². The molecule has 0 radical (unpaired) electrons. The molecule has 0 saturated carbocycles. The highest BCUT2D eigenvalue weighted by Crippen LogP contribution is 2.22. The number of para-hydroxylation sites is 1. The molecule has 18 heavy (non-hydrogen) atoms. The lowest BCUT2D eigenvalue weighted by molar-refractivity contribution is 0.628. The zero-order chi connectivity index (χ0) is 13.3. The molecule has 0 unspecified atom stereocenters. The molecule has 0 atom stereocenters. The summed E-state index contributed by atoms with van der Waals surface area (Å²) in [6, 6.07) is 8.21. The Bertz CT molecular complexity index is 533. The fourth-order valence-electron chi connectivity index (χ4n) is 2.28. The second-order valence-corrected chi connectivity index (χ2v) is 5.31. The molecule has 3 heteroatoms. The highest BCUT2D eigenvalue weighted by Gasteiger charge is 2.11. The quantitative estimate of drug-likeness (QED) is 0.899. The molecule has 1 heterocycles. The van der Waals surface area contributed by atoms with Gasteiger partial charge in [0.25, 0.3) is 0 Å². The largest absolute Gasteiger partial charge is 0.384 e. The minimum Gasteiger partial charge on any atom is -0.384 e. The summed E-state index contributed by atoms with van der Waals surface area (Å²) in [4.78, 5) is 0. The molecule has 0 aliphatic heterocycles. The molecular weight excluding hydrogens is 222 g/mol. The molecule has 2 aromatic rings. The number of aromatic nitrogens is 2. The second kappa shape index (κ2) is 4.84. The molecule has 0 spiro atoms. The van der Waals surface area contributed by atoms with E-state index in [1.807, 2.05) is 10.7 Å². The Hall–Kier alpha value is -1.77. The van der Waals surface area contributed by atoms with Crippen LogP contribution in [0.5, 0.6) is 0 Å². The molecule has 96 valence electrons. The zero-order valence-electron chi connectivity index (χ0n) is 11.6. The van der Waals surface area contributed by atoms with Gasteiger partial charge in [0.1, 0.15) is 5.82 Å². The highest BCUT2D eigenvalue weighted by atomic mass is 15.3. The number of hydrogen-bond acceptors (Lipinski definition) is 2. The van der Waals surface area contributed by atoms with Gasteiger partial charge in [0.2, 0.25) is 0 Å². The van der Waals surface area contributed by atoms with Crippen molar-refractivity contribution in [1.29, 1.82) is 0 Å². The fraction of sp³-hybridized carbons (Fsp3) is 0.400. The summed E-state index contributed by atoms with van der Waals surface area (Å²) < 4.78 is 1.86. The predicted octanol–water partition coefficient (Wildman–Crippen LogP) is 3.27. The second-order valence-electron chi connectivity index (χ2n) is 5.31. The van der Waals surface area contributed by atoms with Crippen LogP contribution >= 0.6 is 0 Å². The van der Waals surface area contributed by atoms with Crippen molar-refractivity contribution in [3.63, 3.8) is 0 Å². The van der Waals surface area contributed by atoms with E-state index in [2.05, 4.69) is 51.0 Å². The van der Waals surface area contributed by atoms with Gasteiger partial charge in [0, 0.05) is 6.07 Å². The first-order chi connectivity index (χ1) is 8.49. The molecular formula is C15H21N3. The lowest BCUT2D eigenvalue weighted by Crippen LogP contribution is -2.06. The van der Waals surface area contributed by atoms with Crippen LogP contribution in [0.4, 0.5) is 5.82 Å². The van der Waals surface area contributed by atoms with Crippen LogP contribution in [-0.2, 0) is 6.42 Å². The van der Waals surface area contributed by atoms with Crippen LogP contribution in [0.1, 0.15) is 30.7 Å². The van der Waals surface area contributed by atoms with E-state index < -0.39 is 0 Å². The smallest absolute Gasteiger partial charge is 0.127 e. The van der Waals surface area contributed by atoms with Crippen molar-refractivity contribution < 1.29 is 0 Å². The minimum absolute atomic E-state index is 0.589. The molecule has 0 bridgehead atoms. The van der Waals surface area contributed by atoms with Crippen molar-refractivity contribution in [3.8, 4) is 5.69 Å². The van der Waals surface area contributed by atoms with Gasteiger partial charge in [-0.3, -0.25) is 0 Å². The summed E-state index contributed by atoms with van der Waals surface area (Å²) >= 11 is 0. The van der Waals surface area contributed by atoms with Gasteiger partial charge in [-0.1, -0.05) is 32.0 Å². The van der Waals surface area contributed by atoms with Crippen LogP contribution in [0.2, 0.25) is 0 Å². The van der Waals surface area contributed by atoms with Gasteiger partial charge in [-0.05, 0) is 37.3 Å². The van der Waals surface area contributed by atoms with Gasteiger partial charge in [0.05, 0.1) is 11.4 Å². The monoisotopic (exact) mass is 243 g/mol. The van der Waals surface area contributed by atoms with Crippen LogP contribution in [0.3, 0.4) is 0 Å². The highest BCUT2D eigenvalue weighted by molar-refractivity contribution is 5.51. The molecule has 2 N–H and O–H groups in total. The van der Waals surface area contributed by atoms with Crippen LogP contribution in [0, 0.1) is 19.8 Å². The van der Waals surface area contributed by atoms with Crippen molar-refractivity contribution in [3.05, 3.63) is 41.1 Å². The normalized spacial score (nSPS) is 11.2. The third-order valence-electron chi connectivity index (χ3n) is 3.06. The maximum atomic E-state index is 6.09. The lowest BCUT2D eigenvalue weighted by Gasteiger charge is -2.11. The Labute approximate surface area is 109 Å². The molecule has 0 amide bonds. The molecule has 0 fully saturated rings. The number of benzene rings is 1. The summed E-state index contributed by atoms with van der Waals surface area (Å²) in [6.07, 6.45) is 0.960. The standard InChI is InChI=1S/C15H21N3/c1-10(2)8-13-9-14(16)18(17-13)15-11(3)6-5-7-12(15)4/h5-7,9-10H,8,16H2,1-4H3. The van der Waals surface area contributed by atoms with Gasteiger partial charge in [-0.2, -0.15) is 5.10 Å². The van der Waals surface area contributed by atoms with Crippen molar-refractivity contribution in [2.45, 2.75) is 34.1 Å². The SMILES string of the molecule is Cc1cccc(C)c1-n1nc(CC(C)C)cc1N. The topological polar surface area (TPSA) is 43.8 Å². The zero-order valence-corrected chi connectivity index (χ0v) is 11.6. The van der Waals surface area contributed by atoms with E-state index in [0.29, 0.717) is 11.7 Å². The van der Waals surface area contributed by atoms with Crippen LogP contribution in [0.15, 0.2) is 24.3 Å². The number of anilines is 1. The van der Waals surface area contributed by atoms with Crippen molar-refractivity contribution in [2.24, 2.45) is 5.92 Å². The van der Waals surface area contributed by atoms with Crippen molar-refractivity contribution in [1.82, 2.24) is 9.78 Å². The number of nitrogens with two attached hydrogens (primary N) is 1. The maximum absolute atomic E-state index is 6.09. The van der Waals surface area contributed by atoms with E-state index in [1.165, 1.54) is 11.1 Å². The minimum atomic E-state index is 0.589. The van der Waals surface area contributed by atoms with Gasteiger partial charge in [-0.25, -0.2) is 4.68 Å². The molecule has 0 saturated heterocycles. The van der Waals surface area contributed by atoms with E-state index in [0.717, 1.165) is 17.8 Å². The molecule has 1 aromatic heterocycles. The Morgan fingerprint density at radius 2 is 1.83 bits per heavy atom. The van der Waals surface area contributed by atoms with Gasteiger partial charge in [-0.15, -0.1) is 0 Å². The summed E-state index contributed by atoms with van der Waals surface area (Å²) in [5.74, 6) is 1.30. The maximum Gasteiger partial charge on any atom is 0.127 e. The third-order valence-corrected chi connectivity index (χ3v) is 3.06. The van der Waals surface area contributed by atoms with E-state index in [4.69, 9.17) is 5.73 Å². The van der Waals surface area contributed by atoms with Gasteiger partial charge < -0.3 is 5.73 Å². The predicted molar refractivity (Wildman–Crippen MR) is 76.0 cm³/mol. The molecule has 1 aromatic carbocycles. The van der Waals surface area contributed by atoms with Gasteiger partial charge in [0.15, 0.2) is 0 Å². The Morgan fingerprint density at radius 1 is 1.22 bits per heavy atom. The summed E-state index contributed by atoms with van der Waals surface area (Å²) in [5.41, 5.74) is 10.6. The Balaban J connectivity index is 2.48. The number of hydrogen-bond donors (Lipinski definition) is 1.